The highest BCUT2D eigenvalue weighted by Crippen LogP contribution is 2.31. The molecule has 0 radical (unpaired) electrons. The number of fused-ring (bicyclic) bond motifs is 1. The first-order chi connectivity index (χ1) is 11.0. The summed E-state index contributed by atoms with van der Waals surface area (Å²) in [7, 11) is 0. The molecule has 1 aliphatic rings. The van der Waals surface area contributed by atoms with Crippen LogP contribution in [0, 0.1) is 6.92 Å². The zero-order valence-corrected chi connectivity index (χ0v) is 14.1. The first kappa shape index (κ1) is 15.6. The van der Waals surface area contributed by atoms with Crippen molar-refractivity contribution in [2.45, 2.75) is 6.92 Å². The molecule has 0 aromatic heterocycles. The maximum absolute atomic E-state index is 12.3. The summed E-state index contributed by atoms with van der Waals surface area (Å²) in [6.07, 6.45) is 0. The fourth-order valence-electron chi connectivity index (χ4n) is 2.38. The number of hydrogen-bond donors (Lipinski definition) is 1. The van der Waals surface area contributed by atoms with Crippen molar-refractivity contribution < 1.29 is 14.3 Å². The molecular weight excluding hydrogens is 360 g/mol. The smallest absolute Gasteiger partial charge is 0.265 e. The lowest BCUT2D eigenvalue weighted by molar-refractivity contribution is -0.123. The molecule has 6 heteroatoms. The number of anilines is 2. The normalized spacial score (nSPS) is 13.3. The van der Waals surface area contributed by atoms with Gasteiger partial charge in [-0.05, 0) is 52.7 Å². The predicted molar refractivity (Wildman–Crippen MR) is 91.8 cm³/mol. The maximum Gasteiger partial charge on any atom is 0.265 e. The number of amides is 2. The average Bonchev–Trinajstić information content (AvgIpc) is 2.53. The molecule has 0 bridgehead atoms. The highest BCUT2D eigenvalue weighted by molar-refractivity contribution is 9.10. The Kier molecular flexibility index (Phi) is 4.34. The van der Waals surface area contributed by atoms with Crippen LogP contribution in [0.3, 0.4) is 0 Å². The lowest BCUT2D eigenvalue weighted by Gasteiger charge is -2.28. The molecule has 1 N–H and O–H groups in total. The molecule has 0 aliphatic carbocycles. The Bertz CT molecular complexity index is 776. The summed E-state index contributed by atoms with van der Waals surface area (Å²) < 4.78 is 6.17. The van der Waals surface area contributed by atoms with Gasteiger partial charge in [0.05, 0.1) is 11.4 Å². The lowest BCUT2D eigenvalue weighted by Crippen LogP contribution is -2.43. The monoisotopic (exact) mass is 374 g/mol. The molecule has 3 rings (SSSR count). The molecule has 0 saturated heterocycles. The fourth-order valence-corrected chi connectivity index (χ4v) is 2.97. The minimum Gasteiger partial charge on any atom is -0.482 e. The number of nitrogens with zero attached hydrogens (tertiary/aromatic N) is 1. The average molecular weight is 375 g/mol. The van der Waals surface area contributed by atoms with E-state index < -0.39 is 0 Å². The summed E-state index contributed by atoms with van der Waals surface area (Å²) in [4.78, 5) is 25.8. The molecule has 0 spiro atoms. The Morgan fingerprint density at radius 1 is 1.30 bits per heavy atom. The molecule has 5 nitrogen and oxygen atoms in total. The number of nitrogens with one attached hydrogen (secondary N) is 1. The van der Waals surface area contributed by atoms with Gasteiger partial charge >= 0.3 is 0 Å². The summed E-state index contributed by atoms with van der Waals surface area (Å²) >= 11 is 3.42. The van der Waals surface area contributed by atoms with Crippen molar-refractivity contribution in [2.24, 2.45) is 0 Å². The van der Waals surface area contributed by atoms with E-state index in [0.29, 0.717) is 17.1 Å². The van der Waals surface area contributed by atoms with Gasteiger partial charge in [-0.15, -0.1) is 0 Å². The van der Waals surface area contributed by atoms with Crippen LogP contribution in [0.4, 0.5) is 11.4 Å². The van der Waals surface area contributed by atoms with Crippen molar-refractivity contribution in [1.29, 1.82) is 0 Å². The molecule has 0 fully saturated rings. The number of rotatable bonds is 3. The van der Waals surface area contributed by atoms with Gasteiger partial charge in [-0.3, -0.25) is 14.5 Å². The van der Waals surface area contributed by atoms with Gasteiger partial charge in [0.25, 0.3) is 5.91 Å². The van der Waals surface area contributed by atoms with Crippen molar-refractivity contribution >= 4 is 39.1 Å². The molecular formula is C17H15BrN2O3. The predicted octanol–water partition coefficient (Wildman–Crippen LogP) is 3.12. The van der Waals surface area contributed by atoms with E-state index in [1.54, 1.807) is 12.1 Å². The van der Waals surface area contributed by atoms with E-state index in [1.807, 2.05) is 37.3 Å². The largest absolute Gasteiger partial charge is 0.482 e. The standard InChI is InChI=1S/C17H15BrN2O3/c1-11-6-7-13(12(18)8-11)19-16(21)9-20-14-4-2-3-5-15(14)23-10-17(20)22/h2-8H,9-10H2,1H3,(H,19,21). The highest BCUT2D eigenvalue weighted by atomic mass is 79.9. The molecule has 1 heterocycles. The van der Waals surface area contributed by atoms with Gasteiger partial charge in [-0.2, -0.15) is 0 Å². The van der Waals surface area contributed by atoms with Crippen LogP contribution in [0.2, 0.25) is 0 Å². The van der Waals surface area contributed by atoms with Gasteiger partial charge < -0.3 is 10.1 Å². The molecule has 118 valence electrons. The number of aryl methyl sites for hydroxylation is 1. The fraction of sp³-hybridized carbons (Fsp3) is 0.176. The summed E-state index contributed by atoms with van der Waals surface area (Å²) in [5.74, 6) is 0.109. The van der Waals surface area contributed by atoms with Crippen LogP contribution >= 0.6 is 15.9 Å². The Morgan fingerprint density at radius 3 is 2.87 bits per heavy atom. The number of ether oxygens (including phenoxy) is 1. The van der Waals surface area contributed by atoms with E-state index >= 15 is 0 Å². The van der Waals surface area contributed by atoms with Crippen molar-refractivity contribution in [2.75, 3.05) is 23.4 Å². The van der Waals surface area contributed by atoms with E-state index in [-0.39, 0.29) is 25.0 Å². The number of benzene rings is 2. The number of para-hydroxylation sites is 2. The second-order valence-corrected chi connectivity index (χ2v) is 6.12. The Labute approximate surface area is 142 Å². The lowest BCUT2D eigenvalue weighted by atomic mass is 10.2. The van der Waals surface area contributed by atoms with Crippen LogP contribution in [-0.2, 0) is 9.59 Å². The Morgan fingerprint density at radius 2 is 2.09 bits per heavy atom. The van der Waals surface area contributed by atoms with Crippen LogP contribution in [0.1, 0.15) is 5.56 Å². The van der Waals surface area contributed by atoms with Gasteiger partial charge in [0, 0.05) is 4.47 Å². The van der Waals surface area contributed by atoms with Crippen LogP contribution in [0.25, 0.3) is 0 Å². The molecule has 2 amide bonds. The summed E-state index contributed by atoms with van der Waals surface area (Å²) in [6, 6.07) is 12.8. The summed E-state index contributed by atoms with van der Waals surface area (Å²) in [5.41, 5.74) is 2.38. The third-order valence-corrected chi connectivity index (χ3v) is 4.16. The van der Waals surface area contributed by atoms with Gasteiger partial charge in [-0.25, -0.2) is 0 Å². The van der Waals surface area contributed by atoms with Gasteiger partial charge in [0.15, 0.2) is 6.61 Å². The van der Waals surface area contributed by atoms with E-state index in [1.165, 1.54) is 4.90 Å². The second kappa shape index (κ2) is 6.42. The van der Waals surface area contributed by atoms with Crippen molar-refractivity contribution in [3.63, 3.8) is 0 Å². The first-order valence-corrected chi connectivity index (χ1v) is 7.92. The number of hydrogen-bond acceptors (Lipinski definition) is 3. The van der Waals surface area contributed by atoms with Gasteiger partial charge in [0.1, 0.15) is 12.3 Å². The molecule has 23 heavy (non-hydrogen) atoms. The van der Waals surface area contributed by atoms with E-state index in [4.69, 9.17) is 4.74 Å². The molecule has 2 aromatic rings. The third-order valence-electron chi connectivity index (χ3n) is 3.51. The van der Waals surface area contributed by atoms with Crippen molar-refractivity contribution in [3.05, 3.63) is 52.5 Å². The Balaban J connectivity index is 1.76. The quantitative estimate of drug-likeness (QED) is 0.897. The van der Waals surface area contributed by atoms with E-state index in [0.717, 1.165) is 10.0 Å². The zero-order valence-electron chi connectivity index (χ0n) is 12.5. The second-order valence-electron chi connectivity index (χ2n) is 5.27. The molecule has 0 atom stereocenters. The summed E-state index contributed by atoms with van der Waals surface area (Å²) in [6.45, 7) is 1.86. The van der Waals surface area contributed by atoms with Crippen LogP contribution < -0.4 is 15.0 Å². The Hall–Kier alpha value is -2.34. The van der Waals surface area contributed by atoms with Crippen LogP contribution in [0.5, 0.6) is 5.75 Å². The molecule has 0 unspecified atom stereocenters. The summed E-state index contributed by atoms with van der Waals surface area (Å²) in [5, 5.41) is 2.82. The molecule has 2 aromatic carbocycles. The maximum atomic E-state index is 12.3. The highest BCUT2D eigenvalue weighted by Gasteiger charge is 2.27. The van der Waals surface area contributed by atoms with Crippen LogP contribution in [-0.4, -0.2) is 25.0 Å². The molecule has 1 aliphatic heterocycles. The van der Waals surface area contributed by atoms with Gasteiger partial charge in [0.2, 0.25) is 5.91 Å². The van der Waals surface area contributed by atoms with Crippen LogP contribution in [0.15, 0.2) is 46.9 Å². The van der Waals surface area contributed by atoms with Gasteiger partial charge in [-0.1, -0.05) is 18.2 Å². The first-order valence-electron chi connectivity index (χ1n) is 7.13. The number of carbonyl (C=O) groups is 2. The number of halogens is 1. The minimum absolute atomic E-state index is 0.0560. The third kappa shape index (κ3) is 3.37. The number of carbonyl (C=O) groups excluding carboxylic acids is 2. The van der Waals surface area contributed by atoms with Crippen molar-refractivity contribution in [1.82, 2.24) is 0 Å². The zero-order chi connectivity index (χ0) is 16.4. The molecule has 0 saturated carbocycles. The van der Waals surface area contributed by atoms with E-state index in [9.17, 15) is 9.59 Å². The minimum atomic E-state index is -0.264. The van der Waals surface area contributed by atoms with E-state index in [2.05, 4.69) is 21.2 Å². The van der Waals surface area contributed by atoms with Crippen molar-refractivity contribution in [3.8, 4) is 5.75 Å². The SMILES string of the molecule is Cc1ccc(NC(=O)CN2C(=O)COc3ccccc32)c(Br)c1. The topological polar surface area (TPSA) is 58.6 Å².